The molecule has 0 aromatic carbocycles. The van der Waals surface area contributed by atoms with Crippen molar-refractivity contribution >= 4 is 16.9 Å². The van der Waals surface area contributed by atoms with Crippen LogP contribution in [-0.4, -0.2) is 38.4 Å². The predicted octanol–water partition coefficient (Wildman–Crippen LogP) is 0.806. The van der Waals surface area contributed by atoms with Gasteiger partial charge >= 0.3 is 0 Å². The van der Waals surface area contributed by atoms with E-state index in [1.165, 1.54) is 0 Å². The van der Waals surface area contributed by atoms with Gasteiger partial charge in [0.2, 0.25) is 0 Å². The van der Waals surface area contributed by atoms with E-state index in [1.807, 2.05) is 12.2 Å². The molecule has 1 amide bonds. The lowest BCUT2D eigenvalue weighted by molar-refractivity contribution is 0.0942. The second kappa shape index (κ2) is 5.59. The summed E-state index contributed by atoms with van der Waals surface area (Å²) in [5.74, 6) is 0.195. The molecule has 1 fully saturated rings. The van der Waals surface area contributed by atoms with Crippen LogP contribution in [0.15, 0.2) is 23.0 Å². The molecule has 126 valence electrons. The summed E-state index contributed by atoms with van der Waals surface area (Å²) in [5.41, 5.74) is 1.47. The topological polar surface area (TPSA) is 100 Å². The summed E-state index contributed by atoms with van der Waals surface area (Å²) in [6, 6.07) is 1.64. The fourth-order valence-corrected chi connectivity index (χ4v) is 3.31. The van der Waals surface area contributed by atoms with Crippen LogP contribution in [-0.2, 0) is 7.05 Å². The maximum absolute atomic E-state index is 12.8. The van der Waals surface area contributed by atoms with Crippen molar-refractivity contribution in [2.75, 3.05) is 6.61 Å². The summed E-state index contributed by atoms with van der Waals surface area (Å²) in [6.07, 6.45) is 6.63. The largest absolute Gasteiger partial charge is 0.396 e. The van der Waals surface area contributed by atoms with Crippen molar-refractivity contribution in [2.24, 2.45) is 13.0 Å². The fourth-order valence-electron chi connectivity index (χ4n) is 3.31. The highest BCUT2D eigenvalue weighted by molar-refractivity contribution is 6.05. The van der Waals surface area contributed by atoms with Gasteiger partial charge in [-0.3, -0.25) is 19.4 Å². The molecule has 0 bridgehead atoms. The summed E-state index contributed by atoms with van der Waals surface area (Å²) in [4.78, 5) is 29.5. The molecule has 2 aliphatic rings. The second-order valence-electron chi connectivity index (χ2n) is 6.71. The van der Waals surface area contributed by atoms with E-state index in [9.17, 15) is 14.7 Å². The van der Waals surface area contributed by atoms with Crippen molar-refractivity contribution in [1.82, 2.24) is 20.1 Å². The molecule has 2 atom stereocenters. The zero-order valence-electron chi connectivity index (χ0n) is 13.5. The maximum Gasteiger partial charge on any atom is 0.274 e. The van der Waals surface area contributed by atoms with Crippen molar-refractivity contribution in [3.05, 3.63) is 39.8 Å². The summed E-state index contributed by atoms with van der Waals surface area (Å²) in [7, 11) is 1.72. The lowest BCUT2D eigenvalue weighted by Crippen LogP contribution is -2.33. The van der Waals surface area contributed by atoms with Crippen molar-refractivity contribution in [1.29, 1.82) is 0 Å². The molecular formula is C17H20N4O3. The number of aromatic amines is 1. The first-order chi connectivity index (χ1) is 11.6. The van der Waals surface area contributed by atoms with Crippen LogP contribution in [0.1, 0.15) is 41.2 Å². The Balaban J connectivity index is 1.71. The van der Waals surface area contributed by atoms with Crippen LogP contribution in [0.2, 0.25) is 0 Å². The number of hydrogen-bond donors (Lipinski definition) is 3. The molecule has 0 aliphatic heterocycles. The Morgan fingerprint density at radius 3 is 2.92 bits per heavy atom. The Morgan fingerprint density at radius 2 is 2.25 bits per heavy atom. The zero-order chi connectivity index (χ0) is 16.8. The summed E-state index contributed by atoms with van der Waals surface area (Å²) in [5, 5.41) is 15.2. The average molecular weight is 328 g/mol. The Labute approximate surface area is 138 Å². The number of amides is 1. The molecule has 0 spiro atoms. The number of nitrogens with one attached hydrogen (secondary N) is 2. The Bertz CT molecular complexity index is 891. The monoisotopic (exact) mass is 328 g/mol. The number of hydrogen-bond acceptors (Lipinski definition) is 4. The lowest BCUT2D eigenvalue weighted by Gasteiger charge is -2.13. The molecule has 24 heavy (non-hydrogen) atoms. The van der Waals surface area contributed by atoms with Gasteiger partial charge in [0.05, 0.1) is 10.9 Å². The molecule has 3 N–H and O–H groups in total. The number of aromatic nitrogens is 3. The minimum absolute atomic E-state index is 0.0759. The van der Waals surface area contributed by atoms with Gasteiger partial charge in [0.1, 0.15) is 0 Å². The molecule has 7 nitrogen and oxygen atoms in total. The van der Waals surface area contributed by atoms with Crippen LogP contribution in [0.3, 0.4) is 0 Å². The van der Waals surface area contributed by atoms with E-state index in [0.717, 1.165) is 18.5 Å². The van der Waals surface area contributed by atoms with E-state index < -0.39 is 0 Å². The summed E-state index contributed by atoms with van der Waals surface area (Å²) in [6.45, 7) is 0.0759. The minimum atomic E-state index is -0.303. The Hall–Kier alpha value is -2.41. The minimum Gasteiger partial charge on any atom is -0.396 e. The quantitative estimate of drug-likeness (QED) is 0.723. The van der Waals surface area contributed by atoms with Gasteiger partial charge in [-0.15, -0.1) is 0 Å². The number of rotatable bonds is 4. The van der Waals surface area contributed by atoms with Gasteiger partial charge in [-0.05, 0) is 25.3 Å². The highest BCUT2D eigenvalue weighted by Crippen LogP contribution is 2.40. The maximum atomic E-state index is 12.8. The number of nitrogens with zero attached hydrogens (tertiary/aromatic N) is 2. The lowest BCUT2D eigenvalue weighted by atomic mass is 10.1. The predicted molar refractivity (Wildman–Crippen MR) is 88.9 cm³/mol. The molecule has 0 radical (unpaired) electrons. The third kappa shape index (κ3) is 2.54. The first kappa shape index (κ1) is 15.1. The number of fused-ring (bicyclic) bond motifs is 1. The number of pyridine rings is 1. The first-order valence-corrected chi connectivity index (χ1v) is 8.26. The van der Waals surface area contributed by atoms with Crippen molar-refractivity contribution in [2.45, 2.75) is 31.2 Å². The van der Waals surface area contributed by atoms with Gasteiger partial charge in [0.15, 0.2) is 5.65 Å². The fraction of sp³-hybridized carbons (Fsp3) is 0.471. The number of aliphatic hydroxyl groups excluding tert-OH is 1. The van der Waals surface area contributed by atoms with Gasteiger partial charge in [-0.1, -0.05) is 12.2 Å². The van der Waals surface area contributed by atoms with E-state index in [1.54, 1.807) is 17.8 Å². The van der Waals surface area contributed by atoms with Gasteiger partial charge in [-0.25, -0.2) is 4.98 Å². The first-order valence-electron chi connectivity index (χ1n) is 8.26. The van der Waals surface area contributed by atoms with E-state index in [-0.39, 0.29) is 30.0 Å². The van der Waals surface area contributed by atoms with Crippen molar-refractivity contribution in [3.63, 3.8) is 0 Å². The Kier molecular flexibility index (Phi) is 3.53. The standard InChI is InChI=1S/C17H20N4O3/c1-21-15-14(17(24)20-21)12(7-13(19-15)10-3-4-10)16(23)18-11-5-2-9(6-11)8-22/h2,5,7,9-11,22H,3-4,6,8H2,1H3,(H,18,23)(H,20,24)/t9-,11+/m0/s1. The van der Waals surface area contributed by atoms with Crippen LogP contribution in [0.4, 0.5) is 0 Å². The smallest absolute Gasteiger partial charge is 0.274 e. The molecule has 4 rings (SSSR count). The normalized spacial score (nSPS) is 23.1. The van der Waals surface area contributed by atoms with Crippen LogP contribution >= 0.6 is 0 Å². The Morgan fingerprint density at radius 1 is 1.46 bits per heavy atom. The number of aliphatic hydroxyl groups is 1. The highest BCUT2D eigenvalue weighted by atomic mass is 16.3. The van der Waals surface area contributed by atoms with Gasteiger partial charge in [-0.2, -0.15) is 0 Å². The molecule has 2 aliphatic carbocycles. The molecule has 2 aromatic heterocycles. The van der Waals surface area contributed by atoms with Gasteiger partial charge < -0.3 is 10.4 Å². The zero-order valence-corrected chi connectivity index (χ0v) is 13.5. The summed E-state index contributed by atoms with van der Waals surface area (Å²) >= 11 is 0. The molecule has 1 saturated carbocycles. The van der Waals surface area contributed by atoms with Crippen molar-refractivity contribution in [3.8, 4) is 0 Å². The average Bonchev–Trinajstić information content (AvgIpc) is 3.26. The van der Waals surface area contributed by atoms with Gasteiger partial charge in [0.25, 0.3) is 11.5 Å². The van der Waals surface area contributed by atoms with Crippen LogP contribution in [0, 0.1) is 5.92 Å². The third-order valence-corrected chi connectivity index (χ3v) is 4.80. The van der Waals surface area contributed by atoms with E-state index in [0.29, 0.717) is 28.9 Å². The molecule has 0 unspecified atom stereocenters. The SMILES string of the molecule is Cn1[nH]c(=O)c2c(C(=O)N[C@@H]3C=C[C@H](CO)C3)cc(C3CC3)nc21. The molecule has 7 heteroatoms. The van der Waals surface area contributed by atoms with Gasteiger partial charge in [0, 0.05) is 37.2 Å². The van der Waals surface area contributed by atoms with Crippen molar-refractivity contribution < 1.29 is 9.90 Å². The second-order valence-corrected chi connectivity index (χ2v) is 6.71. The molecular weight excluding hydrogens is 308 g/mol. The number of aryl methyl sites for hydroxylation is 1. The van der Waals surface area contributed by atoms with Crippen LogP contribution < -0.4 is 10.9 Å². The molecule has 2 heterocycles. The third-order valence-electron chi connectivity index (χ3n) is 4.80. The number of H-pyrrole nitrogens is 1. The van der Waals surface area contributed by atoms with Crippen LogP contribution in [0.25, 0.3) is 11.0 Å². The number of carbonyl (C=O) groups is 1. The van der Waals surface area contributed by atoms with E-state index >= 15 is 0 Å². The van der Waals surface area contributed by atoms with E-state index in [4.69, 9.17) is 0 Å². The number of carbonyl (C=O) groups excluding carboxylic acids is 1. The van der Waals surface area contributed by atoms with E-state index in [2.05, 4.69) is 15.4 Å². The highest BCUT2D eigenvalue weighted by Gasteiger charge is 2.29. The summed E-state index contributed by atoms with van der Waals surface area (Å²) < 4.78 is 1.57. The molecule has 2 aromatic rings. The molecule has 0 saturated heterocycles. The van der Waals surface area contributed by atoms with Crippen LogP contribution in [0.5, 0.6) is 0 Å².